The first-order valence-electron chi connectivity index (χ1n) is 5.02. The number of ether oxygens (including phenoxy) is 1. The second kappa shape index (κ2) is 6.59. The Labute approximate surface area is 95.8 Å². The van der Waals surface area contributed by atoms with E-state index in [1.54, 1.807) is 31.5 Å². The molecule has 0 fully saturated rings. The molecule has 0 unspecified atom stereocenters. The average Bonchev–Trinajstić information content (AvgIpc) is 2.34. The van der Waals surface area contributed by atoms with Gasteiger partial charge in [-0.1, -0.05) is 6.08 Å². The molecule has 0 spiro atoms. The number of hydrogen-bond acceptors (Lipinski definition) is 4. The van der Waals surface area contributed by atoms with Crippen LogP contribution in [-0.2, 0) is 4.74 Å². The standard InChI is InChI=1S/C12H15N3O/c1-3-6-15(7-8-16-2)12-9-11(10-13)4-5-14-12/h3-5,9H,1,6-8H2,2H3. The van der Waals surface area contributed by atoms with Crippen molar-refractivity contribution in [3.63, 3.8) is 0 Å². The fourth-order valence-corrected chi connectivity index (χ4v) is 1.32. The van der Waals surface area contributed by atoms with E-state index in [1.807, 2.05) is 4.90 Å². The summed E-state index contributed by atoms with van der Waals surface area (Å²) >= 11 is 0. The van der Waals surface area contributed by atoms with Crippen molar-refractivity contribution in [2.24, 2.45) is 0 Å². The highest BCUT2D eigenvalue weighted by molar-refractivity contribution is 5.45. The minimum absolute atomic E-state index is 0.608. The first-order chi connectivity index (χ1) is 7.81. The lowest BCUT2D eigenvalue weighted by Crippen LogP contribution is -2.28. The number of nitriles is 1. The molecular weight excluding hydrogens is 202 g/mol. The van der Waals surface area contributed by atoms with Crippen LogP contribution in [-0.4, -0.2) is 31.8 Å². The lowest BCUT2D eigenvalue weighted by Gasteiger charge is -2.21. The van der Waals surface area contributed by atoms with Gasteiger partial charge in [0.05, 0.1) is 18.2 Å². The molecule has 0 aliphatic heterocycles. The number of nitrogens with zero attached hydrogens (tertiary/aromatic N) is 3. The molecule has 0 aliphatic rings. The number of anilines is 1. The minimum atomic E-state index is 0.608. The van der Waals surface area contributed by atoms with E-state index < -0.39 is 0 Å². The van der Waals surface area contributed by atoms with Gasteiger partial charge in [-0.05, 0) is 12.1 Å². The number of hydrogen-bond donors (Lipinski definition) is 0. The van der Waals surface area contributed by atoms with Crippen LogP contribution in [0.3, 0.4) is 0 Å². The highest BCUT2D eigenvalue weighted by atomic mass is 16.5. The summed E-state index contributed by atoms with van der Waals surface area (Å²) in [5, 5.41) is 8.81. The zero-order chi connectivity index (χ0) is 11.8. The molecule has 4 heteroatoms. The number of pyridine rings is 1. The Bertz CT molecular complexity index is 384. The summed E-state index contributed by atoms with van der Waals surface area (Å²) in [5.41, 5.74) is 0.608. The summed E-state index contributed by atoms with van der Waals surface area (Å²) in [4.78, 5) is 6.24. The van der Waals surface area contributed by atoms with E-state index in [-0.39, 0.29) is 0 Å². The SMILES string of the molecule is C=CCN(CCOC)c1cc(C#N)ccn1. The molecule has 4 nitrogen and oxygen atoms in total. The summed E-state index contributed by atoms with van der Waals surface area (Å²) in [6.45, 7) is 5.73. The summed E-state index contributed by atoms with van der Waals surface area (Å²) < 4.78 is 5.03. The molecule has 1 aromatic rings. The van der Waals surface area contributed by atoms with Crippen molar-refractivity contribution < 1.29 is 4.74 Å². The molecule has 0 saturated heterocycles. The normalized spacial score (nSPS) is 9.50. The lowest BCUT2D eigenvalue weighted by molar-refractivity contribution is 0.205. The van der Waals surface area contributed by atoms with E-state index >= 15 is 0 Å². The number of aromatic nitrogens is 1. The van der Waals surface area contributed by atoms with Crippen LogP contribution in [0.2, 0.25) is 0 Å². The van der Waals surface area contributed by atoms with Gasteiger partial charge in [0.2, 0.25) is 0 Å². The molecule has 1 rings (SSSR count). The highest BCUT2D eigenvalue weighted by Crippen LogP contribution is 2.11. The summed E-state index contributed by atoms with van der Waals surface area (Å²) in [6.07, 6.45) is 3.44. The predicted molar refractivity (Wildman–Crippen MR) is 63.2 cm³/mol. The third kappa shape index (κ3) is 3.37. The zero-order valence-electron chi connectivity index (χ0n) is 9.39. The fraction of sp³-hybridized carbons (Fsp3) is 0.333. The smallest absolute Gasteiger partial charge is 0.130 e. The van der Waals surface area contributed by atoms with Crippen LogP contribution in [0.15, 0.2) is 31.0 Å². The van der Waals surface area contributed by atoms with Gasteiger partial charge in [0.15, 0.2) is 0 Å². The van der Waals surface area contributed by atoms with Crippen molar-refractivity contribution in [1.29, 1.82) is 5.26 Å². The topological polar surface area (TPSA) is 49.1 Å². The maximum absolute atomic E-state index is 8.81. The van der Waals surface area contributed by atoms with Gasteiger partial charge >= 0.3 is 0 Å². The van der Waals surface area contributed by atoms with Gasteiger partial charge < -0.3 is 9.64 Å². The Balaban J connectivity index is 2.82. The van der Waals surface area contributed by atoms with Gasteiger partial charge in [0.1, 0.15) is 5.82 Å². The van der Waals surface area contributed by atoms with Crippen LogP contribution in [0, 0.1) is 11.3 Å². The first-order valence-corrected chi connectivity index (χ1v) is 5.02. The van der Waals surface area contributed by atoms with Crippen molar-refractivity contribution >= 4 is 5.82 Å². The van der Waals surface area contributed by atoms with Crippen LogP contribution in [0.1, 0.15) is 5.56 Å². The van der Waals surface area contributed by atoms with Crippen LogP contribution in [0.5, 0.6) is 0 Å². The number of rotatable bonds is 6. The van der Waals surface area contributed by atoms with Gasteiger partial charge in [-0.15, -0.1) is 6.58 Å². The average molecular weight is 217 g/mol. The minimum Gasteiger partial charge on any atom is -0.383 e. The second-order valence-corrected chi connectivity index (χ2v) is 3.24. The molecule has 84 valence electrons. The molecule has 1 heterocycles. The Morgan fingerprint density at radius 3 is 3.12 bits per heavy atom. The second-order valence-electron chi connectivity index (χ2n) is 3.24. The highest BCUT2D eigenvalue weighted by Gasteiger charge is 2.06. The maximum Gasteiger partial charge on any atom is 0.130 e. The van der Waals surface area contributed by atoms with Crippen LogP contribution < -0.4 is 4.90 Å². The number of methoxy groups -OCH3 is 1. The van der Waals surface area contributed by atoms with Crippen LogP contribution >= 0.6 is 0 Å². The lowest BCUT2D eigenvalue weighted by atomic mass is 10.3. The molecule has 0 aromatic carbocycles. The molecular formula is C12H15N3O. The van der Waals surface area contributed by atoms with Gasteiger partial charge in [-0.25, -0.2) is 4.98 Å². The van der Waals surface area contributed by atoms with Crippen LogP contribution in [0.25, 0.3) is 0 Å². The summed E-state index contributed by atoms with van der Waals surface area (Å²) in [7, 11) is 1.66. The molecule has 0 aliphatic carbocycles. The largest absolute Gasteiger partial charge is 0.383 e. The van der Waals surface area contributed by atoms with E-state index in [1.165, 1.54) is 0 Å². The van der Waals surface area contributed by atoms with E-state index in [9.17, 15) is 0 Å². The fourth-order valence-electron chi connectivity index (χ4n) is 1.32. The molecule has 0 amide bonds. The Kier molecular flexibility index (Phi) is 5.03. The van der Waals surface area contributed by atoms with Gasteiger partial charge in [-0.3, -0.25) is 0 Å². The summed E-state index contributed by atoms with van der Waals surface area (Å²) in [6, 6.07) is 5.55. The van der Waals surface area contributed by atoms with E-state index in [0.717, 1.165) is 12.4 Å². The summed E-state index contributed by atoms with van der Waals surface area (Å²) in [5.74, 6) is 0.774. The maximum atomic E-state index is 8.81. The quantitative estimate of drug-likeness (QED) is 0.679. The molecule has 0 atom stereocenters. The monoisotopic (exact) mass is 217 g/mol. The van der Waals surface area contributed by atoms with Crippen molar-refractivity contribution in [3.05, 3.63) is 36.5 Å². The first kappa shape index (κ1) is 12.2. The predicted octanol–water partition coefficient (Wildman–Crippen LogP) is 1.59. The van der Waals surface area contributed by atoms with Crippen molar-refractivity contribution in [2.45, 2.75) is 0 Å². The molecule has 0 saturated carbocycles. The van der Waals surface area contributed by atoms with Gasteiger partial charge in [-0.2, -0.15) is 5.26 Å². The van der Waals surface area contributed by atoms with Crippen molar-refractivity contribution in [1.82, 2.24) is 4.98 Å². The van der Waals surface area contributed by atoms with Crippen molar-refractivity contribution in [2.75, 3.05) is 31.7 Å². The van der Waals surface area contributed by atoms with Gasteiger partial charge in [0, 0.05) is 26.4 Å². The van der Waals surface area contributed by atoms with Gasteiger partial charge in [0.25, 0.3) is 0 Å². The van der Waals surface area contributed by atoms with E-state index in [4.69, 9.17) is 10.00 Å². The third-order valence-corrected chi connectivity index (χ3v) is 2.11. The van der Waals surface area contributed by atoms with E-state index in [2.05, 4.69) is 17.6 Å². The Hall–Kier alpha value is -1.86. The third-order valence-electron chi connectivity index (χ3n) is 2.11. The van der Waals surface area contributed by atoms with Crippen molar-refractivity contribution in [3.8, 4) is 6.07 Å². The molecule has 16 heavy (non-hydrogen) atoms. The molecule has 0 bridgehead atoms. The van der Waals surface area contributed by atoms with Crippen LogP contribution in [0.4, 0.5) is 5.82 Å². The Morgan fingerprint density at radius 2 is 2.50 bits per heavy atom. The molecule has 1 aromatic heterocycles. The Morgan fingerprint density at radius 1 is 1.69 bits per heavy atom. The van der Waals surface area contributed by atoms with E-state index in [0.29, 0.717) is 18.7 Å². The molecule has 0 N–H and O–H groups in total. The molecule has 0 radical (unpaired) electrons. The zero-order valence-corrected chi connectivity index (χ0v) is 9.39.